The van der Waals surface area contributed by atoms with Gasteiger partial charge in [-0.2, -0.15) is 0 Å². The summed E-state index contributed by atoms with van der Waals surface area (Å²) in [6, 6.07) is 8.47. The fourth-order valence-electron chi connectivity index (χ4n) is 2.06. The van der Waals surface area contributed by atoms with Gasteiger partial charge in [0.05, 0.1) is 11.5 Å². The molecule has 0 amide bonds. The fraction of sp³-hybridized carbons (Fsp3) is 0.312. The molecule has 0 unspecified atom stereocenters. The van der Waals surface area contributed by atoms with E-state index in [0.717, 1.165) is 18.2 Å². The Hall–Kier alpha value is -2.61. The van der Waals surface area contributed by atoms with Crippen LogP contribution in [-0.4, -0.2) is 31.0 Å². The van der Waals surface area contributed by atoms with E-state index in [1.54, 1.807) is 30.5 Å². The van der Waals surface area contributed by atoms with Crippen molar-refractivity contribution in [2.75, 3.05) is 25.5 Å². The number of aryl methyl sites for hydroxylation is 1. The molecule has 3 N–H and O–H groups in total. The number of guanidine groups is 1. The highest BCUT2D eigenvalue weighted by atomic mass is 32.1. The molecule has 1 aromatic heterocycles. The van der Waals surface area contributed by atoms with Crippen LogP contribution in [0.2, 0.25) is 0 Å². The molecular formula is C16H21N5O2S. The van der Waals surface area contributed by atoms with Crippen molar-refractivity contribution in [3.63, 3.8) is 0 Å². The number of rotatable bonds is 7. The average molecular weight is 347 g/mol. The van der Waals surface area contributed by atoms with Crippen molar-refractivity contribution in [1.29, 1.82) is 0 Å². The highest BCUT2D eigenvalue weighted by molar-refractivity contribution is 7.10. The van der Waals surface area contributed by atoms with E-state index in [1.165, 1.54) is 22.6 Å². The summed E-state index contributed by atoms with van der Waals surface area (Å²) >= 11 is 1.73. The molecule has 8 heteroatoms. The van der Waals surface area contributed by atoms with Gasteiger partial charge in [-0.05, 0) is 36.1 Å². The summed E-state index contributed by atoms with van der Waals surface area (Å²) in [4.78, 5) is 15.7. The second kappa shape index (κ2) is 8.88. The Balaban J connectivity index is 1.70. The van der Waals surface area contributed by atoms with Gasteiger partial charge in [0, 0.05) is 42.8 Å². The first-order chi connectivity index (χ1) is 11.6. The Morgan fingerprint density at radius 2 is 1.96 bits per heavy atom. The van der Waals surface area contributed by atoms with E-state index in [1.807, 2.05) is 0 Å². The quantitative estimate of drug-likeness (QED) is 0.235. The number of nitrogens with zero attached hydrogens (tertiary/aromatic N) is 2. The van der Waals surface area contributed by atoms with Crippen LogP contribution in [0.5, 0.6) is 0 Å². The number of aliphatic imine (C=N–C) groups is 1. The van der Waals surface area contributed by atoms with Crippen molar-refractivity contribution in [1.82, 2.24) is 10.6 Å². The van der Waals surface area contributed by atoms with Gasteiger partial charge in [0.25, 0.3) is 5.69 Å². The van der Waals surface area contributed by atoms with Crippen LogP contribution < -0.4 is 16.0 Å². The molecule has 0 bridgehead atoms. The van der Waals surface area contributed by atoms with Crippen LogP contribution in [0.15, 0.2) is 40.7 Å². The molecular weight excluding hydrogens is 326 g/mol. The SMILES string of the molecule is CN=C(NCCNc1ccc([N+](=O)[O-])cc1)NCc1sccc1C. The third-order valence-electron chi connectivity index (χ3n) is 3.43. The Morgan fingerprint density at radius 1 is 1.21 bits per heavy atom. The van der Waals surface area contributed by atoms with Gasteiger partial charge in [-0.15, -0.1) is 11.3 Å². The number of nitrogens with one attached hydrogen (secondary N) is 3. The Bertz CT molecular complexity index is 697. The average Bonchev–Trinajstić information content (AvgIpc) is 2.99. The minimum Gasteiger partial charge on any atom is -0.383 e. The second-order valence-electron chi connectivity index (χ2n) is 5.11. The third-order valence-corrected chi connectivity index (χ3v) is 4.46. The number of hydrogen-bond donors (Lipinski definition) is 3. The van der Waals surface area contributed by atoms with Gasteiger partial charge in [-0.1, -0.05) is 0 Å². The van der Waals surface area contributed by atoms with Crippen LogP contribution in [0.25, 0.3) is 0 Å². The Morgan fingerprint density at radius 3 is 2.54 bits per heavy atom. The molecule has 0 aliphatic carbocycles. The molecule has 0 fully saturated rings. The number of benzene rings is 1. The van der Waals surface area contributed by atoms with E-state index in [0.29, 0.717) is 13.1 Å². The lowest BCUT2D eigenvalue weighted by Crippen LogP contribution is -2.39. The molecule has 0 aliphatic heterocycles. The standard InChI is InChI=1S/C16H21N5O2S/c1-12-7-10-24-15(12)11-20-16(17-2)19-9-8-18-13-3-5-14(6-4-13)21(22)23/h3-7,10,18H,8-9,11H2,1-2H3,(H2,17,19,20). The Labute approximate surface area is 145 Å². The van der Waals surface area contributed by atoms with E-state index in [2.05, 4.69) is 39.3 Å². The van der Waals surface area contributed by atoms with E-state index in [-0.39, 0.29) is 5.69 Å². The first-order valence-corrected chi connectivity index (χ1v) is 8.44. The predicted octanol–water partition coefficient (Wildman–Crippen LogP) is 2.74. The summed E-state index contributed by atoms with van der Waals surface area (Å²) in [5, 5.41) is 22.4. The molecule has 0 saturated heterocycles. The smallest absolute Gasteiger partial charge is 0.269 e. The molecule has 1 heterocycles. The van der Waals surface area contributed by atoms with E-state index >= 15 is 0 Å². The molecule has 0 radical (unpaired) electrons. The lowest BCUT2D eigenvalue weighted by atomic mass is 10.3. The van der Waals surface area contributed by atoms with Gasteiger partial charge in [0.15, 0.2) is 5.96 Å². The zero-order valence-corrected chi connectivity index (χ0v) is 14.5. The molecule has 2 aromatic rings. The number of nitro benzene ring substituents is 1. The van der Waals surface area contributed by atoms with Crippen molar-refractivity contribution in [2.24, 2.45) is 4.99 Å². The van der Waals surface area contributed by atoms with E-state index < -0.39 is 4.92 Å². The van der Waals surface area contributed by atoms with Crippen molar-refractivity contribution in [2.45, 2.75) is 13.5 Å². The van der Waals surface area contributed by atoms with Crippen LogP contribution >= 0.6 is 11.3 Å². The van der Waals surface area contributed by atoms with Gasteiger partial charge >= 0.3 is 0 Å². The normalized spacial score (nSPS) is 11.2. The first kappa shape index (κ1) is 17.7. The molecule has 128 valence electrons. The summed E-state index contributed by atoms with van der Waals surface area (Å²) in [5.74, 6) is 0.744. The molecule has 7 nitrogen and oxygen atoms in total. The van der Waals surface area contributed by atoms with Crippen LogP contribution in [0.1, 0.15) is 10.4 Å². The topological polar surface area (TPSA) is 91.6 Å². The summed E-state index contributed by atoms with van der Waals surface area (Å²) in [6.07, 6.45) is 0. The van der Waals surface area contributed by atoms with Crippen LogP contribution in [0, 0.1) is 17.0 Å². The molecule has 1 aromatic carbocycles. The maximum Gasteiger partial charge on any atom is 0.269 e. The largest absolute Gasteiger partial charge is 0.383 e. The lowest BCUT2D eigenvalue weighted by molar-refractivity contribution is -0.384. The number of non-ortho nitro benzene ring substituents is 1. The minimum absolute atomic E-state index is 0.0900. The monoisotopic (exact) mass is 347 g/mol. The van der Waals surface area contributed by atoms with E-state index in [4.69, 9.17) is 0 Å². The summed E-state index contributed by atoms with van der Waals surface area (Å²) in [6.45, 7) is 4.20. The van der Waals surface area contributed by atoms with Crippen molar-refractivity contribution < 1.29 is 4.92 Å². The molecule has 0 saturated carbocycles. The van der Waals surface area contributed by atoms with Gasteiger partial charge < -0.3 is 16.0 Å². The lowest BCUT2D eigenvalue weighted by Gasteiger charge is -2.12. The first-order valence-electron chi connectivity index (χ1n) is 7.56. The van der Waals surface area contributed by atoms with Crippen LogP contribution in [-0.2, 0) is 6.54 Å². The van der Waals surface area contributed by atoms with Crippen molar-refractivity contribution in [3.8, 4) is 0 Å². The molecule has 0 atom stereocenters. The summed E-state index contributed by atoms with van der Waals surface area (Å²) < 4.78 is 0. The van der Waals surface area contributed by atoms with Gasteiger partial charge in [0.1, 0.15) is 0 Å². The summed E-state index contributed by atoms with van der Waals surface area (Å²) in [5.41, 5.74) is 2.22. The number of nitro groups is 1. The van der Waals surface area contributed by atoms with Crippen LogP contribution in [0.3, 0.4) is 0 Å². The Kier molecular flexibility index (Phi) is 6.56. The summed E-state index contributed by atoms with van der Waals surface area (Å²) in [7, 11) is 1.74. The predicted molar refractivity (Wildman–Crippen MR) is 98.8 cm³/mol. The van der Waals surface area contributed by atoms with Gasteiger partial charge in [-0.25, -0.2) is 0 Å². The molecule has 0 spiro atoms. The van der Waals surface area contributed by atoms with Gasteiger partial charge in [-0.3, -0.25) is 15.1 Å². The number of thiophene rings is 1. The third kappa shape index (κ3) is 5.24. The van der Waals surface area contributed by atoms with Crippen molar-refractivity contribution in [3.05, 3.63) is 56.3 Å². The maximum absolute atomic E-state index is 10.6. The molecule has 0 aliphatic rings. The highest BCUT2D eigenvalue weighted by Gasteiger charge is 2.04. The zero-order chi connectivity index (χ0) is 17.4. The highest BCUT2D eigenvalue weighted by Crippen LogP contribution is 2.15. The van der Waals surface area contributed by atoms with Crippen molar-refractivity contribution >= 4 is 28.7 Å². The number of anilines is 1. The molecule has 24 heavy (non-hydrogen) atoms. The van der Waals surface area contributed by atoms with E-state index in [9.17, 15) is 10.1 Å². The minimum atomic E-state index is -0.406. The zero-order valence-electron chi connectivity index (χ0n) is 13.7. The second-order valence-corrected chi connectivity index (χ2v) is 6.11. The van der Waals surface area contributed by atoms with Crippen LogP contribution in [0.4, 0.5) is 11.4 Å². The van der Waals surface area contributed by atoms with Gasteiger partial charge in [0.2, 0.25) is 0 Å². The maximum atomic E-state index is 10.6. The number of hydrogen-bond acceptors (Lipinski definition) is 5. The molecule has 2 rings (SSSR count). The fourth-order valence-corrected chi connectivity index (χ4v) is 2.90.